The van der Waals surface area contributed by atoms with Crippen molar-refractivity contribution < 1.29 is 9.53 Å². The average molecular weight is 295 g/mol. The molecule has 0 bridgehead atoms. The van der Waals surface area contributed by atoms with Crippen LogP contribution in [0.1, 0.15) is 34.5 Å². The molecular weight excluding hydrogens is 274 g/mol. The van der Waals surface area contributed by atoms with Crippen LogP contribution in [-0.4, -0.2) is 30.0 Å². The molecule has 3 rings (SSSR count). The molecule has 2 aromatic rings. The summed E-state index contributed by atoms with van der Waals surface area (Å²) in [6.45, 7) is 5.26. The summed E-state index contributed by atoms with van der Waals surface area (Å²) < 4.78 is 5.94. The molecule has 1 aliphatic rings. The van der Waals surface area contributed by atoms with E-state index in [1.807, 2.05) is 42.2 Å². The van der Waals surface area contributed by atoms with Crippen molar-refractivity contribution in [1.29, 1.82) is 0 Å². The summed E-state index contributed by atoms with van der Waals surface area (Å²) in [4.78, 5) is 14.6. The van der Waals surface area contributed by atoms with Gasteiger partial charge in [-0.3, -0.25) is 4.79 Å². The lowest BCUT2D eigenvalue weighted by atomic mass is 10.0. The van der Waals surface area contributed by atoms with Crippen molar-refractivity contribution >= 4 is 5.91 Å². The van der Waals surface area contributed by atoms with Gasteiger partial charge < -0.3 is 9.64 Å². The number of morpholine rings is 1. The molecule has 1 aliphatic heterocycles. The third-order valence-electron chi connectivity index (χ3n) is 4.16. The van der Waals surface area contributed by atoms with Gasteiger partial charge >= 0.3 is 0 Å². The Morgan fingerprint density at radius 2 is 1.77 bits per heavy atom. The van der Waals surface area contributed by atoms with Gasteiger partial charge in [-0.1, -0.05) is 48.0 Å². The van der Waals surface area contributed by atoms with Gasteiger partial charge in [0.25, 0.3) is 5.91 Å². The van der Waals surface area contributed by atoms with Crippen molar-refractivity contribution in [3.8, 4) is 0 Å². The zero-order valence-corrected chi connectivity index (χ0v) is 13.0. The molecule has 2 aromatic carbocycles. The van der Waals surface area contributed by atoms with Crippen molar-refractivity contribution in [3.05, 3.63) is 71.3 Å². The van der Waals surface area contributed by atoms with Crippen LogP contribution in [0.4, 0.5) is 0 Å². The number of carbonyl (C=O) groups is 1. The highest BCUT2D eigenvalue weighted by Gasteiger charge is 2.30. The third-order valence-corrected chi connectivity index (χ3v) is 4.16. The second-order valence-electron chi connectivity index (χ2n) is 5.91. The minimum atomic E-state index is -0.0514. The predicted octanol–water partition coefficient (Wildman–Crippen LogP) is 3.60. The maximum Gasteiger partial charge on any atom is 0.254 e. The van der Waals surface area contributed by atoms with Crippen LogP contribution in [0.25, 0.3) is 0 Å². The lowest BCUT2D eigenvalue weighted by molar-refractivity contribution is -0.0486. The van der Waals surface area contributed by atoms with Crippen LogP contribution < -0.4 is 0 Å². The Bertz CT molecular complexity index is 636. The molecule has 0 saturated carbocycles. The van der Waals surface area contributed by atoms with Gasteiger partial charge in [-0.05, 0) is 31.5 Å². The molecule has 2 unspecified atom stereocenters. The molecule has 0 aromatic heterocycles. The second kappa shape index (κ2) is 6.32. The number of hydrogen-bond acceptors (Lipinski definition) is 2. The summed E-state index contributed by atoms with van der Waals surface area (Å²) in [6, 6.07) is 17.9. The van der Waals surface area contributed by atoms with Crippen molar-refractivity contribution in [2.24, 2.45) is 0 Å². The van der Waals surface area contributed by atoms with Crippen LogP contribution in [-0.2, 0) is 4.74 Å². The first kappa shape index (κ1) is 14.8. The molecule has 3 nitrogen and oxygen atoms in total. The molecule has 0 aliphatic carbocycles. The summed E-state index contributed by atoms with van der Waals surface area (Å²) in [5.41, 5.74) is 3.09. The Hall–Kier alpha value is -2.13. The lowest BCUT2D eigenvalue weighted by Crippen LogP contribution is -2.48. The standard InChI is InChI=1S/C19H21NO2/c1-14-8-10-16(11-9-14)18-12-20(15(2)13-22-18)19(21)17-6-4-3-5-7-17/h3-11,15,18H,12-13H2,1-2H3. The van der Waals surface area contributed by atoms with E-state index in [1.165, 1.54) is 5.56 Å². The van der Waals surface area contributed by atoms with Gasteiger partial charge in [0.2, 0.25) is 0 Å². The second-order valence-corrected chi connectivity index (χ2v) is 5.91. The zero-order valence-electron chi connectivity index (χ0n) is 13.0. The van der Waals surface area contributed by atoms with Crippen LogP contribution in [0, 0.1) is 6.92 Å². The van der Waals surface area contributed by atoms with Crippen molar-refractivity contribution in [2.45, 2.75) is 26.0 Å². The van der Waals surface area contributed by atoms with E-state index >= 15 is 0 Å². The smallest absolute Gasteiger partial charge is 0.254 e. The number of amides is 1. The summed E-state index contributed by atoms with van der Waals surface area (Å²) in [6.07, 6.45) is -0.0514. The van der Waals surface area contributed by atoms with Crippen molar-refractivity contribution in [2.75, 3.05) is 13.2 Å². The highest BCUT2D eigenvalue weighted by Crippen LogP contribution is 2.26. The normalized spacial score (nSPS) is 21.6. The Morgan fingerprint density at radius 1 is 1.09 bits per heavy atom. The lowest BCUT2D eigenvalue weighted by Gasteiger charge is -2.38. The number of hydrogen-bond donors (Lipinski definition) is 0. The third kappa shape index (κ3) is 3.04. The first-order valence-corrected chi connectivity index (χ1v) is 7.69. The van der Waals surface area contributed by atoms with Crippen molar-refractivity contribution in [1.82, 2.24) is 4.90 Å². The van der Waals surface area contributed by atoms with E-state index in [0.717, 1.165) is 11.1 Å². The Kier molecular flexibility index (Phi) is 4.25. The first-order chi connectivity index (χ1) is 10.6. The fraction of sp³-hybridized carbons (Fsp3) is 0.316. The zero-order chi connectivity index (χ0) is 15.5. The summed E-state index contributed by atoms with van der Waals surface area (Å²) in [5, 5.41) is 0. The van der Waals surface area contributed by atoms with E-state index in [1.54, 1.807) is 0 Å². The van der Waals surface area contributed by atoms with Crippen molar-refractivity contribution in [3.63, 3.8) is 0 Å². The van der Waals surface area contributed by atoms with Gasteiger partial charge in [0.15, 0.2) is 0 Å². The average Bonchev–Trinajstić information content (AvgIpc) is 2.56. The van der Waals surface area contributed by atoms with E-state index < -0.39 is 0 Å². The van der Waals surface area contributed by atoms with E-state index in [2.05, 4.69) is 31.2 Å². The number of ether oxygens (including phenoxy) is 1. The molecule has 2 atom stereocenters. The molecule has 1 fully saturated rings. The SMILES string of the molecule is Cc1ccc(C2CN(C(=O)c3ccccc3)C(C)CO2)cc1. The number of nitrogens with zero attached hydrogens (tertiary/aromatic N) is 1. The topological polar surface area (TPSA) is 29.5 Å². The van der Waals surface area contributed by atoms with Gasteiger partial charge in [-0.25, -0.2) is 0 Å². The molecule has 0 N–H and O–H groups in total. The van der Waals surface area contributed by atoms with E-state index in [-0.39, 0.29) is 18.1 Å². The van der Waals surface area contributed by atoms with E-state index in [0.29, 0.717) is 13.2 Å². The summed E-state index contributed by atoms with van der Waals surface area (Å²) in [7, 11) is 0. The Morgan fingerprint density at radius 3 is 2.45 bits per heavy atom. The molecule has 1 heterocycles. The van der Waals surface area contributed by atoms with Crippen LogP contribution >= 0.6 is 0 Å². The fourth-order valence-corrected chi connectivity index (χ4v) is 2.77. The molecule has 114 valence electrons. The molecule has 1 amide bonds. The molecule has 22 heavy (non-hydrogen) atoms. The van der Waals surface area contributed by atoms with Crippen LogP contribution in [0.5, 0.6) is 0 Å². The van der Waals surface area contributed by atoms with Crippen LogP contribution in [0.15, 0.2) is 54.6 Å². The minimum Gasteiger partial charge on any atom is -0.370 e. The molecule has 0 spiro atoms. The molecule has 1 saturated heterocycles. The van der Waals surface area contributed by atoms with Gasteiger partial charge in [0, 0.05) is 5.56 Å². The largest absolute Gasteiger partial charge is 0.370 e. The number of rotatable bonds is 2. The maximum atomic E-state index is 12.7. The quantitative estimate of drug-likeness (QED) is 0.847. The summed E-state index contributed by atoms with van der Waals surface area (Å²) in [5.74, 6) is 0.0773. The molecular formula is C19H21NO2. The number of aryl methyl sites for hydroxylation is 1. The van der Waals surface area contributed by atoms with Crippen LogP contribution in [0.2, 0.25) is 0 Å². The van der Waals surface area contributed by atoms with Crippen LogP contribution in [0.3, 0.4) is 0 Å². The Labute approximate surface area is 131 Å². The van der Waals surface area contributed by atoms with E-state index in [9.17, 15) is 4.79 Å². The monoisotopic (exact) mass is 295 g/mol. The highest BCUT2D eigenvalue weighted by atomic mass is 16.5. The summed E-state index contributed by atoms with van der Waals surface area (Å²) >= 11 is 0. The minimum absolute atomic E-state index is 0.0514. The maximum absolute atomic E-state index is 12.7. The Balaban J connectivity index is 1.79. The predicted molar refractivity (Wildman–Crippen MR) is 86.8 cm³/mol. The fourth-order valence-electron chi connectivity index (χ4n) is 2.77. The van der Waals surface area contributed by atoms with Gasteiger partial charge in [0.05, 0.1) is 19.2 Å². The number of carbonyl (C=O) groups excluding carboxylic acids is 1. The van der Waals surface area contributed by atoms with Gasteiger partial charge in [-0.2, -0.15) is 0 Å². The first-order valence-electron chi connectivity index (χ1n) is 7.69. The van der Waals surface area contributed by atoms with Gasteiger partial charge in [0.1, 0.15) is 6.10 Å². The highest BCUT2D eigenvalue weighted by molar-refractivity contribution is 5.94. The van der Waals surface area contributed by atoms with Gasteiger partial charge in [-0.15, -0.1) is 0 Å². The van der Waals surface area contributed by atoms with E-state index in [4.69, 9.17) is 4.74 Å². The molecule has 3 heteroatoms. The molecule has 0 radical (unpaired) electrons. The number of benzene rings is 2.